The van der Waals surface area contributed by atoms with Gasteiger partial charge in [0.2, 0.25) is 0 Å². The van der Waals surface area contributed by atoms with E-state index >= 15 is 0 Å². The van der Waals surface area contributed by atoms with Gasteiger partial charge < -0.3 is 20.4 Å². The standard InChI is InChI=1S/C18H34O2.C6H14O3/c1-2-3-4-5-6-7-8-9-10-11-12-13-14-15-16-17-18(19)20;7-3-1-2-6(4-8)5-9/h9-10H,2-8,11-17H2,1H3,(H,19,20);6-9H,1-5H2/b10-9-;. The minimum absolute atomic E-state index is 0.0104. The van der Waals surface area contributed by atoms with E-state index in [2.05, 4.69) is 19.1 Å². The number of carbonyl (C=O) groups is 1. The van der Waals surface area contributed by atoms with Crippen molar-refractivity contribution in [2.24, 2.45) is 5.92 Å². The van der Waals surface area contributed by atoms with Crippen LogP contribution in [0.5, 0.6) is 0 Å². The lowest BCUT2D eigenvalue weighted by Crippen LogP contribution is -2.11. The highest BCUT2D eigenvalue weighted by molar-refractivity contribution is 5.66. The molecule has 0 bridgehead atoms. The van der Waals surface area contributed by atoms with Gasteiger partial charge in [-0.3, -0.25) is 4.79 Å². The van der Waals surface area contributed by atoms with Crippen molar-refractivity contribution in [3.8, 4) is 0 Å². The molecule has 174 valence electrons. The van der Waals surface area contributed by atoms with E-state index in [1.54, 1.807) is 0 Å². The van der Waals surface area contributed by atoms with E-state index in [0.717, 1.165) is 12.8 Å². The number of hydrogen-bond acceptors (Lipinski definition) is 4. The molecule has 0 heterocycles. The van der Waals surface area contributed by atoms with Crippen molar-refractivity contribution in [2.45, 2.75) is 110 Å². The molecule has 0 atom stereocenters. The predicted octanol–water partition coefficient (Wildman–Crippen LogP) is 5.47. The van der Waals surface area contributed by atoms with Gasteiger partial charge in [-0.1, -0.05) is 70.4 Å². The fourth-order valence-electron chi connectivity index (χ4n) is 2.97. The highest BCUT2D eigenvalue weighted by Gasteiger charge is 2.03. The van der Waals surface area contributed by atoms with Crippen LogP contribution in [0.15, 0.2) is 12.2 Å². The monoisotopic (exact) mass is 416 g/mol. The van der Waals surface area contributed by atoms with E-state index < -0.39 is 5.97 Å². The first-order chi connectivity index (χ1) is 14.1. The average molecular weight is 417 g/mol. The van der Waals surface area contributed by atoms with Crippen molar-refractivity contribution in [1.82, 2.24) is 0 Å². The number of aliphatic carboxylic acids is 1. The summed E-state index contributed by atoms with van der Waals surface area (Å²) < 4.78 is 0. The minimum atomic E-state index is -0.664. The van der Waals surface area contributed by atoms with Crippen molar-refractivity contribution < 1.29 is 25.2 Å². The van der Waals surface area contributed by atoms with E-state index in [1.165, 1.54) is 70.6 Å². The Hall–Kier alpha value is -0.910. The van der Waals surface area contributed by atoms with Gasteiger partial charge in [0.25, 0.3) is 0 Å². The zero-order chi connectivity index (χ0) is 22.0. The first kappa shape index (κ1) is 30.3. The molecule has 5 heteroatoms. The number of carboxylic acids is 1. The molecule has 0 aliphatic heterocycles. The molecule has 29 heavy (non-hydrogen) atoms. The van der Waals surface area contributed by atoms with Gasteiger partial charge in [-0.05, 0) is 44.9 Å². The topological polar surface area (TPSA) is 98.0 Å². The summed E-state index contributed by atoms with van der Waals surface area (Å²) in [6.45, 7) is 2.42. The third-order valence-corrected chi connectivity index (χ3v) is 4.94. The Bertz CT molecular complexity index is 340. The van der Waals surface area contributed by atoms with Gasteiger partial charge in [0.1, 0.15) is 0 Å². The number of carboxylic acid groups (broad SMARTS) is 1. The van der Waals surface area contributed by atoms with Crippen LogP contribution in [0.1, 0.15) is 110 Å². The van der Waals surface area contributed by atoms with Crippen LogP contribution in [0, 0.1) is 5.92 Å². The first-order valence-electron chi connectivity index (χ1n) is 11.8. The lowest BCUT2D eigenvalue weighted by molar-refractivity contribution is -0.137. The molecule has 0 amide bonds. The molecule has 0 aliphatic rings. The number of rotatable bonds is 20. The number of aliphatic hydroxyl groups excluding tert-OH is 3. The van der Waals surface area contributed by atoms with Crippen LogP contribution < -0.4 is 0 Å². The molecule has 0 aliphatic carbocycles. The van der Waals surface area contributed by atoms with Crippen molar-refractivity contribution >= 4 is 5.97 Å². The van der Waals surface area contributed by atoms with Gasteiger partial charge in [-0.2, -0.15) is 0 Å². The number of hydrogen-bond donors (Lipinski definition) is 4. The zero-order valence-corrected chi connectivity index (χ0v) is 18.9. The number of allylic oxidation sites excluding steroid dienone is 2. The maximum atomic E-state index is 10.3. The summed E-state index contributed by atoms with van der Waals surface area (Å²) in [6.07, 6.45) is 22.6. The van der Waals surface area contributed by atoms with Gasteiger partial charge in [-0.15, -0.1) is 0 Å². The van der Waals surface area contributed by atoms with Crippen LogP contribution >= 0.6 is 0 Å². The normalized spacial score (nSPS) is 11.1. The van der Waals surface area contributed by atoms with Crippen molar-refractivity contribution in [3.63, 3.8) is 0 Å². The van der Waals surface area contributed by atoms with E-state index in [9.17, 15) is 4.79 Å². The molecule has 0 radical (unpaired) electrons. The molecule has 0 aromatic carbocycles. The van der Waals surface area contributed by atoms with Crippen molar-refractivity contribution in [2.75, 3.05) is 19.8 Å². The molecule has 4 N–H and O–H groups in total. The SMILES string of the molecule is CCCCCCCC/C=C\CCCCCCCC(=O)O.OCCCC(CO)CO. The third-order valence-electron chi connectivity index (χ3n) is 4.94. The Morgan fingerprint density at radius 1 is 0.724 bits per heavy atom. The summed E-state index contributed by atoms with van der Waals surface area (Å²) in [7, 11) is 0. The van der Waals surface area contributed by atoms with Crippen LogP contribution in [-0.4, -0.2) is 46.2 Å². The van der Waals surface area contributed by atoms with Crippen LogP contribution in [-0.2, 0) is 4.79 Å². The van der Waals surface area contributed by atoms with Crippen molar-refractivity contribution in [1.29, 1.82) is 0 Å². The number of aliphatic hydroxyl groups is 3. The Kier molecular flexibility index (Phi) is 28.3. The highest BCUT2D eigenvalue weighted by Crippen LogP contribution is 2.09. The molecule has 5 nitrogen and oxygen atoms in total. The molecule has 0 spiro atoms. The Labute approximate surface area is 179 Å². The zero-order valence-electron chi connectivity index (χ0n) is 18.9. The second-order valence-electron chi connectivity index (χ2n) is 7.83. The van der Waals surface area contributed by atoms with Gasteiger partial charge in [-0.25, -0.2) is 0 Å². The Morgan fingerprint density at radius 3 is 1.66 bits per heavy atom. The maximum absolute atomic E-state index is 10.3. The Morgan fingerprint density at radius 2 is 1.21 bits per heavy atom. The van der Waals surface area contributed by atoms with Gasteiger partial charge in [0.05, 0.1) is 0 Å². The molecular formula is C24H48O5. The lowest BCUT2D eigenvalue weighted by Gasteiger charge is -2.07. The maximum Gasteiger partial charge on any atom is 0.303 e. The van der Waals surface area contributed by atoms with Crippen LogP contribution in [0.2, 0.25) is 0 Å². The molecule has 0 fully saturated rings. The molecule has 0 saturated heterocycles. The first-order valence-corrected chi connectivity index (χ1v) is 11.8. The van der Waals surface area contributed by atoms with E-state index in [1.807, 2.05) is 0 Å². The average Bonchev–Trinajstić information content (AvgIpc) is 2.72. The molecular weight excluding hydrogens is 368 g/mol. The van der Waals surface area contributed by atoms with E-state index in [0.29, 0.717) is 19.3 Å². The fraction of sp³-hybridized carbons (Fsp3) is 0.875. The minimum Gasteiger partial charge on any atom is -0.481 e. The molecule has 0 saturated carbocycles. The second-order valence-corrected chi connectivity index (χ2v) is 7.83. The fourth-order valence-corrected chi connectivity index (χ4v) is 2.97. The van der Waals surface area contributed by atoms with Gasteiger partial charge >= 0.3 is 5.97 Å². The summed E-state index contributed by atoms with van der Waals surface area (Å²) in [5.74, 6) is -0.709. The predicted molar refractivity (Wildman–Crippen MR) is 121 cm³/mol. The highest BCUT2D eigenvalue weighted by atomic mass is 16.4. The lowest BCUT2D eigenvalue weighted by atomic mass is 10.1. The third kappa shape index (κ3) is 29.4. The quantitative estimate of drug-likeness (QED) is 0.156. The summed E-state index contributed by atoms with van der Waals surface area (Å²) in [5.41, 5.74) is 0. The molecule has 0 aromatic heterocycles. The largest absolute Gasteiger partial charge is 0.481 e. The summed E-state index contributed by atoms with van der Waals surface area (Å²) in [4.78, 5) is 10.3. The molecule has 0 aromatic rings. The molecule has 0 unspecified atom stereocenters. The van der Waals surface area contributed by atoms with Gasteiger partial charge in [0.15, 0.2) is 0 Å². The van der Waals surface area contributed by atoms with Crippen LogP contribution in [0.25, 0.3) is 0 Å². The van der Waals surface area contributed by atoms with Crippen LogP contribution in [0.3, 0.4) is 0 Å². The smallest absolute Gasteiger partial charge is 0.303 e. The Balaban J connectivity index is 0. The van der Waals surface area contributed by atoms with Crippen molar-refractivity contribution in [3.05, 3.63) is 12.2 Å². The van der Waals surface area contributed by atoms with Crippen LogP contribution in [0.4, 0.5) is 0 Å². The summed E-state index contributed by atoms with van der Waals surface area (Å²) in [5, 5.41) is 33.9. The summed E-state index contributed by atoms with van der Waals surface area (Å²) >= 11 is 0. The summed E-state index contributed by atoms with van der Waals surface area (Å²) in [6, 6.07) is 0. The van der Waals surface area contributed by atoms with E-state index in [4.69, 9.17) is 20.4 Å². The number of unbranched alkanes of at least 4 members (excludes halogenated alkanes) is 11. The van der Waals surface area contributed by atoms with Gasteiger partial charge in [0, 0.05) is 32.2 Å². The molecule has 0 rings (SSSR count). The second kappa shape index (κ2) is 27.1. The van der Waals surface area contributed by atoms with E-state index in [-0.39, 0.29) is 25.7 Å².